The molecule has 0 N–H and O–H groups in total. The Kier molecular flexibility index (Phi) is 6.29. The number of hydrogen-bond donors (Lipinski definition) is 0. The first kappa shape index (κ1) is 21.7. The molecule has 0 bridgehead atoms. The second-order valence-electron chi connectivity index (χ2n) is 8.35. The van der Waals surface area contributed by atoms with Gasteiger partial charge in [-0.05, 0) is 29.8 Å². The highest BCUT2D eigenvalue weighted by atomic mass is 16.2. The molecule has 32 heavy (non-hydrogen) atoms. The van der Waals surface area contributed by atoms with E-state index in [1.807, 2.05) is 73.6 Å². The summed E-state index contributed by atoms with van der Waals surface area (Å²) >= 11 is 0. The zero-order valence-electron chi connectivity index (χ0n) is 18.8. The van der Waals surface area contributed by atoms with Crippen molar-refractivity contribution in [2.24, 2.45) is 7.05 Å². The van der Waals surface area contributed by atoms with E-state index < -0.39 is 0 Å². The van der Waals surface area contributed by atoms with Crippen molar-refractivity contribution in [1.29, 1.82) is 0 Å². The maximum Gasteiger partial charge on any atom is 0.331 e. The zero-order valence-corrected chi connectivity index (χ0v) is 18.8. The summed E-state index contributed by atoms with van der Waals surface area (Å²) in [5.41, 5.74) is 4.07. The topological polar surface area (TPSA) is 50.5 Å². The summed E-state index contributed by atoms with van der Waals surface area (Å²) in [4.78, 5) is 30.4. The fraction of sp³-hybridized carbons (Fsp3) is 0.308. The summed E-state index contributed by atoms with van der Waals surface area (Å²) in [5.74, 6) is 6.38. The number of fused-ring (bicyclic) bond motifs is 1. The summed E-state index contributed by atoms with van der Waals surface area (Å²) < 4.78 is 2.99. The van der Waals surface area contributed by atoms with Crippen LogP contribution >= 0.6 is 0 Å². The number of rotatable bonds is 4. The molecule has 0 saturated heterocycles. The van der Waals surface area contributed by atoms with Gasteiger partial charge >= 0.3 is 5.69 Å². The van der Waals surface area contributed by atoms with Crippen molar-refractivity contribution in [3.63, 3.8) is 0 Å². The molecule has 6 nitrogen and oxygen atoms in total. The summed E-state index contributed by atoms with van der Waals surface area (Å²) in [6.07, 6.45) is 0.668. The van der Waals surface area contributed by atoms with Crippen molar-refractivity contribution >= 4 is 5.69 Å². The predicted octanol–water partition coefficient (Wildman–Crippen LogP) is 2.07. The van der Waals surface area contributed by atoms with E-state index in [9.17, 15) is 9.59 Å². The van der Waals surface area contributed by atoms with E-state index in [0.717, 1.165) is 29.1 Å². The third-order valence-corrected chi connectivity index (χ3v) is 5.92. The summed E-state index contributed by atoms with van der Waals surface area (Å²) in [6.45, 7) is 2.13. The van der Waals surface area contributed by atoms with Crippen LogP contribution in [0, 0.1) is 11.8 Å². The summed E-state index contributed by atoms with van der Waals surface area (Å²) in [5, 5.41) is 0. The Morgan fingerprint density at radius 3 is 2.41 bits per heavy atom. The lowest BCUT2D eigenvalue weighted by atomic mass is 10.1. The van der Waals surface area contributed by atoms with Crippen LogP contribution in [0.3, 0.4) is 0 Å². The largest absolute Gasteiger partial charge is 0.378 e. The second-order valence-corrected chi connectivity index (χ2v) is 8.35. The van der Waals surface area contributed by atoms with Gasteiger partial charge in [-0.2, -0.15) is 0 Å². The normalized spacial score (nSPS) is 13.2. The van der Waals surface area contributed by atoms with Crippen molar-refractivity contribution < 1.29 is 0 Å². The Labute approximate surface area is 188 Å². The number of nitrogens with zero attached hydrogens (tertiary/aromatic N) is 4. The van der Waals surface area contributed by atoms with E-state index >= 15 is 0 Å². The van der Waals surface area contributed by atoms with Crippen molar-refractivity contribution in [2.75, 3.05) is 32.1 Å². The van der Waals surface area contributed by atoms with Gasteiger partial charge in [-0.3, -0.25) is 14.3 Å². The smallest absolute Gasteiger partial charge is 0.331 e. The van der Waals surface area contributed by atoms with Gasteiger partial charge in [0, 0.05) is 57.6 Å². The molecule has 0 spiro atoms. The van der Waals surface area contributed by atoms with Gasteiger partial charge in [0.2, 0.25) is 0 Å². The van der Waals surface area contributed by atoms with Crippen LogP contribution in [0.25, 0.3) is 0 Å². The Morgan fingerprint density at radius 2 is 1.72 bits per heavy atom. The van der Waals surface area contributed by atoms with Gasteiger partial charge in [-0.1, -0.05) is 42.2 Å². The van der Waals surface area contributed by atoms with Gasteiger partial charge in [-0.15, -0.1) is 0 Å². The molecule has 0 aliphatic carbocycles. The Hall–Kier alpha value is -3.56. The van der Waals surface area contributed by atoms with E-state index in [2.05, 4.69) is 16.7 Å². The summed E-state index contributed by atoms with van der Waals surface area (Å²) in [7, 11) is 5.72. The molecule has 0 radical (unpaired) electrons. The predicted molar refractivity (Wildman–Crippen MR) is 128 cm³/mol. The molecule has 0 fully saturated rings. The molecule has 164 valence electrons. The number of benzene rings is 2. The third kappa shape index (κ3) is 4.53. The lowest BCUT2D eigenvalue weighted by molar-refractivity contribution is 0.275. The van der Waals surface area contributed by atoms with E-state index in [4.69, 9.17) is 0 Å². The summed E-state index contributed by atoms with van der Waals surface area (Å²) in [6, 6.07) is 17.8. The van der Waals surface area contributed by atoms with Gasteiger partial charge in [-0.25, -0.2) is 4.79 Å². The molecular weight excluding hydrogens is 400 g/mol. The van der Waals surface area contributed by atoms with E-state index in [1.54, 1.807) is 11.6 Å². The highest BCUT2D eigenvalue weighted by Gasteiger charge is 2.23. The Bertz CT molecular complexity index is 1280. The lowest BCUT2D eigenvalue weighted by Gasteiger charge is -2.28. The van der Waals surface area contributed by atoms with E-state index in [-0.39, 0.29) is 17.8 Å². The van der Waals surface area contributed by atoms with Crippen molar-refractivity contribution in [2.45, 2.75) is 19.5 Å². The van der Waals surface area contributed by atoms with Gasteiger partial charge < -0.3 is 9.47 Å². The first-order valence-electron chi connectivity index (χ1n) is 10.8. The Balaban J connectivity index is 1.57. The molecule has 0 saturated carbocycles. The molecule has 0 atom stereocenters. The zero-order chi connectivity index (χ0) is 22.7. The van der Waals surface area contributed by atoms with Crippen LogP contribution in [0.15, 0.2) is 64.2 Å². The SMILES string of the molecule is CN(C)c1ccc(Cn2c(=O)c3c(n(C)c2=O)CCN(CC#Cc2ccccc2)C3)cc1. The van der Waals surface area contributed by atoms with E-state index in [1.165, 1.54) is 4.57 Å². The molecule has 0 unspecified atom stereocenters. The minimum absolute atomic E-state index is 0.194. The molecule has 0 amide bonds. The van der Waals surface area contributed by atoms with Crippen LogP contribution in [0.1, 0.15) is 22.4 Å². The van der Waals surface area contributed by atoms with Crippen LogP contribution in [0.2, 0.25) is 0 Å². The second kappa shape index (κ2) is 9.29. The quantitative estimate of drug-likeness (QED) is 0.597. The minimum atomic E-state index is -0.261. The molecule has 2 heterocycles. The minimum Gasteiger partial charge on any atom is -0.378 e. The third-order valence-electron chi connectivity index (χ3n) is 5.92. The van der Waals surface area contributed by atoms with Gasteiger partial charge in [0.05, 0.1) is 18.7 Å². The first-order valence-corrected chi connectivity index (χ1v) is 10.8. The van der Waals surface area contributed by atoms with Crippen molar-refractivity contribution in [3.8, 4) is 11.8 Å². The molecular formula is C26H28N4O2. The maximum atomic E-state index is 13.3. The molecule has 1 aromatic heterocycles. The molecule has 3 aromatic rings. The molecule has 1 aliphatic heterocycles. The highest BCUT2D eigenvalue weighted by molar-refractivity contribution is 5.46. The van der Waals surface area contributed by atoms with Crippen molar-refractivity contribution in [3.05, 3.63) is 97.8 Å². The number of aromatic nitrogens is 2. The molecule has 6 heteroatoms. The van der Waals surface area contributed by atoms with Gasteiger partial charge in [0.25, 0.3) is 5.56 Å². The first-order chi connectivity index (χ1) is 15.4. The standard InChI is InChI=1S/C26H28N4O2/c1-27(2)22-13-11-21(12-14-22)18-30-25(31)23-19-29(17-15-24(23)28(3)26(30)32)16-7-10-20-8-5-4-6-9-20/h4-6,8-9,11-14H,15-19H2,1-3H3. The van der Waals surface area contributed by atoms with Crippen LogP contribution in [0.5, 0.6) is 0 Å². The number of hydrogen-bond acceptors (Lipinski definition) is 4. The maximum absolute atomic E-state index is 13.3. The average molecular weight is 429 g/mol. The van der Waals surface area contributed by atoms with E-state index in [0.29, 0.717) is 25.1 Å². The van der Waals surface area contributed by atoms with Crippen molar-refractivity contribution in [1.82, 2.24) is 14.0 Å². The molecule has 1 aliphatic rings. The fourth-order valence-electron chi connectivity index (χ4n) is 4.05. The van der Waals surface area contributed by atoms with Gasteiger partial charge in [0.1, 0.15) is 0 Å². The van der Waals surface area contributed by atoms with Gasteiger partial charge in [0.15, 0.2) is 0 Å². The Morgan fingerprint density at radius 1 is 1.00 bits per heavy atom. The monoisotopic (exact) mass is 428 g/mol. The van der Waals surface area contributed by atoms with Crippen LogP contribution in [-0.2, 0) is 26.6 Å². The van der Waals surface area contributed by atoms with Crippen LogP contribution in [-0.4, -0.2) is 41.2 Å². The fourth-order valence-corrected chi connectivity index (χ4v) is 4.05. The highest BCUT2D eigenvalue weighted by Crippen LogP contribution is 2.15. The van der Waals surface area contributed by atoms with Crippen LogP contribution < -0.4 is 16.1 Å². The molecule has 4 rings (SSSR count). The molecule has 2 aromatic carbocycles. The average Bonchev–Trinajstić information content (AvgIpc) is 2.81. The number of anilines is 1. The van der Waals surface area contributed by atoms with Crippen LogP contribution in [0.4, 0.5) is 5.69 Å². The lowest BCUT2D eigenvalue weighted by Crippen LogP contribution is -2.47.